The lowest BCUT2D eigenvalue weighted by molar-refractivity contribution is -0.142. The van der Waals surface area contributed by atoms with Crippen molar-refractivity contribution in [3.63, 3.8) is 0 Å². The van der Waals surface area contributed by atoms with Gasteiger partial charge >= 0.3 is 5.97 Å². The number of cyclic esters (lactones) is 1. The number of carbonyl (C=O) groups is 1. The van der Waals surface area contributed by atoms with Crippen molar-refractivity contribution in [3.05, 3.63) is 0 Å². The molecule has 4 unspecified atom stereocenters. The van der Waals surface area contributed by atoms with E-state index in [1.165, 1.54) is 0 Å². The number of carbonyl (C=O) groups excluding carboxylic acids is 1. The van der Waals surface area contributed by atoms with E-state index in [-0.39, 0.29) is 17.8 Å². The largest absolute Gasteiger partial charge is 0.465 e. The summed E-state index contributed by atoms with van der Waals surface area (Å²) in [4.78, 5) is 11.3. The van der Waals surface area contributed by atoms with Gasteiger partial charge in [0.25, 0.3) is 0 Å². The Morgan fingerprint density at radius 2 is 2.42 bits per heavy atom. The van der Waals surface area contributed by atoms with Crippen molar-refractivity contribution in [3.8, 4) is 0 Å². The average molecular weight is 168 g/mol. The highest BCUT2D eigenvalue weighted by Crippen LogP contribution is 2.57. The zero-order chi connectivity index (χ0) is 8.34. The quantitative estimate of drug-likeness (QED) is 0.530. The molecule has 2 saturated carbocycles. The first-order valence-corrected chi connectivity index (χ1v) is 4.60. The molecule has 4 atom stereocenters. The number of rotatable bonds is 0. The lowest BCUT2D eigenvalue weighted by Crippen LogP contribution is -2.36. The van der Waals surface area contributed by atoms with Gasteiger partial charge < -0.3 is 9.84 Å². The Morgan fingerprint density at radius 3 is 3.17 bits per heavy atom. The van der Waals surface area contributed by atoms with Gasteiger partial charge in [0, 0.05) is 5.92 Å². The molecule has 1 N–H and O–H groups in total. The molecule has 0 aromatic rings. The van der Waals surface area contributed by atoms with Gasteiger partial charge in [-0.2, -0.15) is 0 Å². The van der Waals surface area contributed by atoms with Crippen LogP contribution in [0.2, 0.25) is 0 Å². The van der Waals surface area contributed by atoms with Gasteiger partial charge in [0.2, 0.25) is 0 Å². The Hall–Kier alpha value is -0.570. The number of esters is 1. The van der Waals surface area contributed by atoms with Gasteiger partial charge in [0.15, 0.2) is 0 Å². The second-order valence-corrected chi connectivity index (χ2v) is 4.37. The molecular formula is C9H12O3. The molecule has 1 heterocycles. The van der Waals surface area contributed by atoms with Crippen LogP contribution < -0.4 is 0 Å². The van der Waals surface area contributed by atoms with E-state index in [1.54, 1.807) is 0 Å². The molecule has 1 saturated heterocycles. The second-order valence-electron chi connectivity index (χ2n) is 4.37. The molecule has 3 heteroatoms. The maximum atomic E-state index is 11.3. The monoisotopic (exact) mass is 168 g/mol. The first-order chi connectivity index (χ1) is 5.71. The Morgan fingerprint density at radius 1 is 1.58 bits per heavy atom. The Kier molecular flexibility index (Phi) is 1.06. The molecule has 2 aliphatic carbocycles. The van der Waals surface area contributed by atoms with Crippen molar-refractivity contribution in [2.75, 3.05) is 6.61 Å². The first-order valence-electron chi connectivity index (χ1n) is 4.60. The number of hydrogen-bond donors (Lipinski definition) is 1. The lowest BCUT2D eigenvalue weighted by atomic mass is 9.79. The van der Waals surface area contributed by atoms with Crippen LogP contribution in [0.1, 0.15) is 19.3 Å². The van der Waals surface area contributed by atoms with E-state index in [9.17, 15) is 9.90 Å². The highest BCUT2D eigenvalue weighted by molar-refractivity contribution is 5.76. The van der Waals surface area contributed by atoms with Crippen molar-refractivity contribution >= 4 is 5.97 Å². The van der Waals surface area contributed by atoms with Crippen LogP contribution in [0.3, 0.4) is 0 Å². The Labute approximate surface area is 70.7 Å². The Balaban J connectivity index is 2.01. The lowest BCUT2D eigenvalue weighted by Gasteiger charge is -2.27. The van der Waals surface area contributed by atoms with Gasteiger partial charge in [-0.15, -0.1) is 0 Å². The minimum Gasteiger partial charge on any atom is -0.465 e. The number of hydrogen-bond acceptors (Lipinski definition) is 3. The van der Waals surface area contributed by atoms with Crippen LogP contribution in [-0.2, 0) is 9.53 Å². The van der Waals surface area contributed by atoms with E-state index in [1.807, 2.05) is 0 Å². The summed E-state index contributed by atoms with van der Waals surface area (Å²) in [5.41, 5.74) is -0.554. The summed E-state index contributed by atoms with van der Waals surface area (Å²) in [7, 11) is 0. The third-order valence-corrected chi connectivity index (χ3v) is 3.87. The number of aliphatic hydroxyl groups is 1. The third-order valence-electron chi connectivity index (χ3n) is 3.87. The highest BCUT2D eigenvalue weighted by Gasteiger charge is 2.62. The smallest absolute Gasteiger partial charge is 0.309 e. The van der Waals surface area contributed by atoms with Crippen LogP contribution in [0.15, 0.2) is 0 Å². The molecule has 0 spiro atoms. The van der Waals surface area contributed by atoms with Crippen LogP contribution >= 0.6 is 0 Å². The molecule has 2 bridgehead atoms. The molecule has 3 aliphatic rings. The fraction of sp³-hybridized carbons (Fsp3) is 0.889. The second kappa shape index (κ2) is 1.84. The van der Waals surface area contributed by atoms with E-state index in [0.29, 0.717) is 12.5 Å². The summed E-state index contributed by atoms with van der Waals surface area (Å²) in [5.74, 6) is 0.489. The zero-order valence-electron chi connectivity index (χ0n) is 6.82. The molecule has 66 valence electrons. The van der Waals surface area contributed by atoms with Crippen LogP contribution in [0.25, 0.3) is 0 Å². The Bertz CT molecular complexity index is 250. The maximum Gasteiger partial charge on any atom is 0.309 e. The summed E-state index contributed by atoms with van der Waals surface area (Å²) in [6.45, 7) is 0.455. The minimum atomic E-state index is -0.554. The summed E-state index contributed by atoms with van der Waals surface area (Å²) < 4.78 is 4.97. The van der Waals surface area contributed by atoms with Gasteiger partial charge in [0.05, 0.1) is 18.1 Å². The van der Waals surface area contributed by atoms with Gasteiger partial charge in [-0.3, -0.25) is 4.79 Å². The minimum absolute atomic E-state index is 0.0312. The zero-order valence-corrected chi connectivity index (χ0v) is 6.82. The number of ether oxygens (including phenoxy) is 1. The molecule has 0 aromatic heterocycles. The highest BCUT2D eigenvalue weighted by atomic mass is 16.5. The summed E-state index contributed by atoms with van der Waals surface area (Å²) >= 11 is 0. The molecule has 0 amide bonds. The van der Waals surface area contributed by atoms with Crippen LogP contribution in [0, 0.1) is 17.8 Å². The molecule has 1 aliphatic heterocycles. The van der Waals surface area contributed by atoms with Crippen molar-refractivity contribution in [2.45, 2.75) is 24.9 Å². The van der Waals surface area contributed by atoms with Gasteiger partial charge in [-0.05, 0) is 25.2 Å². The van der Waals surface area contributed by atoms with E-state index in [2.05, 4.69) is 0 Å². The van der Waals surface area contributed by atoms with Crippen LogP contribution in [0.5, 0.6) is 0 Å². The maximum absolute atomic E-state index is 11.3. The fourth-order valence-corrected chi connectivity index (χ4v) is 3.28. The molecule has 3 fully saturated rings. The molecule has 0 radical (unpaired) electrons. The van der Waals surface area contributed by atoms with E-state index >= 15 is 0 Å². The predicted octanol–water partition coefficient (Wildman–Crippen LogP) is 0.320. The van der Waals surface area contributed by atoms with Gasteiger partial charge in [-0.25, -0.2) is 0 Å². The van der Waals surface area contributed by atoms with Gasteiger partial charge in [-0.1, -0.05) is 0 Å². The summed E-state index contributed by atoms with van der Waals surface area (Å²) in [5, 5.41) is 10.1. The SMILES string of the molecule is O=C1OCC2C1C1CCC2(O)C1. The van der Waals surface area contributed by atoms with E-state index < -0.39 is 5.60 Å². The fourth-order valence-electron chi connectivity index (χ4n) is 3.28. The predicted molar refractivity (Wildman–Crippen MR) is 40.2 cm³/mol. The van der Waals surface area contributed by atoms with Gasteiger partial charge in [0.1, 0.15) is 0 Å². The summed E-state index contributed by atoms with van der Waals surface area (Å²) in [6.07, 6.45) is 2.71. The number of fused-ring (bicyclic) bond motifs is 5. The topological polar surface area (TPSA) is 46.5 Å². The molecule has 0 aromatic carbocycles. The normalized spacial score (nSPS) is 55.8. The van der Waals surface area contributed by atoms with Crippen molar-refractivity contribution in [2.24, 2.45) is 17.8 Å². The standard InChI is InChI=1S/C9H12O3/c10-8-7-5-1-2-9(11,3-5)6(7)4-12-8/h5-7,11H,1-4H2. The van der Waals surface area contributed by atoms with Crippen molar-refractivity contribution in [1.82, 2.24) is 0 Å². The first kappa shape index (κ1) is 6.89. The van der Waals surface area contributed by atoms with E-state index in [0.717, 1.165) is 19.3 Å². The van der Waals surface area contributed by atoms with Crippen molar-refractivity contribution < 1.29 is 14.6 Å². The van der Waals surface area contributed by atoms with Crippen molar-refractivity contribution in [1.29, 1.82) is 0 Å². The molecule has 3 nitrogen and oxygen atoms in total. The third kappa shape index (κ3) is 0.600. The van der Waals surface area contributed by atoms with E-state index in [4.69, 9.17) is 4.74 Å². The summed E-state index contributed by atoms with van der Waals surface area (Å²) in [6, 6.07) is 0. The molecule has 3 rings (SSSR count). The molecule has 12 heavy (non-hydrogen) atoms. The molecular weight excluding hydrogens is 156 g/mol. The van der Waals surface area contributed by atoms with Crippen LogP contribution in [0.4, 0.5) is 0 Å². The van der Waals surface area contributed by atoms with Crippen LogP contribution in [-0.4, -0.2) is 23.3 Å². The average Bonchev–Trinajstić information content (AvgIpc) is 2.61.